The number of aryl methyl sites for hydroxylation is 1. The van der Waals surface area contributed by atoms with Crippen molar-refractivity contribution in [1.29, 1.82) is 5.26 Å². The highest BCUT2D eigenvalue weighted by molar-refractivity contribution is 7.48. The van der Waals surface area contributed by atoms with Crippen molar-refractivity contribution in [3.63, 3.8) is 0 Å². The maximum atomic E-state index is 12.8. The summed E-state index contributed by atoms with van der Waals surface area (Å²) in [5.41, 5.74) is 1.93. The standard InChI is InChI=1S/C20H28NO2P/c1-14(2)19-8-7-15(3)12-20(19)23-24(22)18-11-16(4)10-17(13-18)6-5-9-21/h5-6,10-11,13-15,19-20,24H,7-8,12H2,1-4H3/b6-5+. The van der Waals surface area contributed by atoms with Crippen molar-refractivity contribution in [3.05, 3.63) is 35.4 Å². The molecule has 4 heteroatoms. The van der Waals surface area contributed by atoms with Gasteiger partial charge >= 0.3 is 0 Å². The van der Waals surface area contributed by atoms with Crippen LogP contribution in [0.2, 0.25) is 0 Å². The highest BCUT2D eigenvalue weighted by atomic mass is 31.1. The zero-order chi connectivity index (χ0) is 17.7. The number of nitrogens with zero attached hydrogens (tertiary/aromatic N) is 1. The van der Waals surface area contributed by atoms with E-state index in [1.165, 1.54) is 12.5 Å². The highest BCUT2D eigenvalue weighted by Crippen LogP contribution is 2.40. The van der Waals surface area contributed by atoms with Crippen LogP contribution in [0.1, 0.15) is 51.2 Å². The molecular weight excluding hydrogens is 317 g/mol. The van der Waals surface area contributed by atoms with E-state index >= 15 is 0 Å². The first-order valence-corrected chi connectivity index (χ1v) is 10.1. The van der Waals surface area contributed by atoms with Crippen molar-refractivity contribution in [2.75, 3.05) is 0 Å². The van der Waals surface area contributed by atoms with Gasteiger partial charge in [-0.1, -0.05) is 33.3 Å². The Labute approximate surface area is 146 Å². The molecule has 0 N–H and O–H groups in total. The summed E-state index contributed by atoms with van der Waals surface area (Å²) in [6.07, 6.45) is 6.64. The summed E-state index contributed by atoms with van der Waals surface area (Å²) in [6.45, 7) is 8.68. The van der Waals surface area contributed by atoms with Crippen molar-refractivity contribution < 1.29 is 9.09 Å². The molecule has 0 radical (unpaired) electrons. The zero-order valence-corrected chi connectivity index (χ0v) is 16.1. The smallest absolute Gasteiger partial charge is 0.220 e. The van der Waals surface area contributed by atoms with E-state index in [9.17, 15) is 4.57 Å². The summed E-state index contributed by atoms with van der Waals surface area (Å²) < 4.78 is 18.9. The van der Waals surface area contributed by atoms with E-state index in [4.69, 9.17) is 9.79 Å². The molecular formula is C20H28NO2P. The van der Waals surface area contributed by atoms with Gasteiger partial charge in [0.25, 0.3) is 0 Å². The third kappa shape index (κ3) is 5.07. The van der Waals surface area contributed by atoms with E-state index in [0.29, 0.717) is 17.8 Å². The van der Waals surface area contributed by atoms with E-state index in [1.54, 1.807) is 6.08 Å². The van der Waals surface area contributed by atoms with Gasteiger partial charge in [-0.3, -0.25) is 4.57 Å². The number of hydrogen-bond acceptors (Lipinski definition) is 3. The molecule has 0 amide bonds. The third-order valence-corrected chi connectivity index (χ3v) is 6.18. The molecule has 1 aliphatic rings. The van der Waals surface area contributed by atoms with E-state index < -0.39 is 8.03 Å². The lowest BCUT2D eigenvalue weighted by atomic mass is 9.75. The molecule has 24 heavy (non-hydrogen) atoms. The minimum atomic E-state index is -2.29. The lowest BCUT2D eigenvalue weighted by molar-refractivity contribution is 0.0538. The number of benzene rings is 1. The van der Waals surface area contributed by atoms with Crippen LogP contribution in [0, 0.1) is 36.0 Å². The van der Waals surface area contributed by atoms with E-state index in [-0.39, 0.29) is 6.10 Å². The second kappa shape index (κ2) is 8.65. The second-order valence-corrected chi connectivity index (χ2v) is 8.75. The van der Waals surface area contributed by atoms with Gasteiger partial charge in [0.2, 0.25) is 8.03 Å². The van der Waals surface area contributed by atoms with Gasteiger partial charge in [0, 0.05) is 11.4 Å². The Morgan fingerprint density at radius 3 is 2.75 bits per heavy atom. The molecule has 1 saturated carbocycles. The molecule has 0 aromatic heterocycles. The summed E-state index contributed by atoms with van der Waals surface area (Å²) >= 11 is 0. The minimum absolute atomic E-state index is 0.0822. The molecule has 1 aliphatic carbocycles. The summed E-state index contributed by atoms with van der Waals surface area (Å²) in [5.74, 6) is 1.66. The Balaban J connectivity index is 2.17. The van der Waals surface area contributed by atoms with Crippen LogP contribution in [-0.2, 0) is 9.09 Å². The summed E-state index contributed by atoms with van der Waals surface area (Å²) in [5, 5.41) is 9.43. The number of allylic oxidation sites excluding steroid dienone is 1. The van der Waals surface area contributed by atoms with Gasteiger partial charge < -0.3 is 4.52 Å². The normalized spacial score (nSPS) is 25.8. The molecule has 3 nitrogen and oxygen atoms in total. The first-order valence-electron chi connectivity index (χ1n) is 8.79. The van der Waals surface area contributed by atoms with E-state index in [2.05, 4.69) is 20.8 Å². The Morgan fingerprint density at radius 2 is 2.08 bits per heavy atom. The first kappa shape index (κ1) is 19.0. The predicted molar refractivity (Wildman–Crippen MR) is 101 cm³/mol. The number of rotatable bonds is 5. The maximum Gasteiger partial charge on any atom is 0.220 e. The van der Waals surface area contributed by atoms with Crippen LogP contribution < -0.4 is 5.30 Å². The summed E-state index contributed by atoms with van der Waals surface area (Å²) in [4.78, 5) is 0. The van der Waals surface area contributed by atoms with Crippen LogP contribution in [0.25, 0.3) is 6.08 Å². The molecule has 4 atom stereocenters. The lowest BCUT2D eigenvalue weighted by Crippen LogP contribution is -2.33. The first-order chi connectivity index (χ1) is 11.4. The second-order valence-electron chi connectivity index (χ2n) is 7.36. The molecule has 0 saturated heterocycles. The Morgan fingerprint density at radius 1 is 1.33 bits per heavy atom. The van der Waals surface area contributed by atoms with Gasteiger partial charge in [-0.25, -0.2) is 0 Å². The average molecular weight is 345 g/mol. The summed E-state index contributed by atoms with van der Waals surface area (Å²) in [7, 11) is -2.29. The molecule has 4 unspecified atom stereocenters. The van der Waals surface area contributed by atoms with Crippen LogP contribution in [0.4, 0.5) is 0 Å². The molecule has 1 fully saturated rings. The number of hydrogen-bond donors (Lipinski definition) is 0. The van der Waals surface area contributed by atoms with Crippen molar-refractivity contribution in [1.82, 2.24) is 0 Å². The van der Waals surface area contributed by atoms with Crippen LogP contribution in [0.3, 0.4) is 0 Å². The van der Waals surface area contributed by atoms with Gasteiger partial charge in [-0.05, 0) is 66.9 Å². The van der Waals surface area contributed by atoms with Gasteiger partial charge in [-0.2, -0.15) is 5.26 Å². The average Bonchev–Trinajstić information content (AvgIpc) is 2.52. The van der Waals surface area contributed by atoms with Gasteiger partial charge in [0.05, 0.1) is 12.2 Å². The van der Waals surface area contributed by atoms with Crippen LogP contribution in [0.5, 0.6) is 0 Å². The number of nitriles is 1. The molecule has 0 spiro atoms. The van der Waals surface area contributed by atoms with Crippen molar-refractivity contribution in [2.24, 2.45) is 17.8 Å². The molecule has 0 bridgehead atoms. The molecule has 1 aromatic carbocycles. The minimum Gasteiger partial charge on any atom is -0.324 e. The highest BCUT2D eigenvalue weighted by Gasteiger charge is 2.32. The molecule has 0 heterocycles. The zero-order valence-electron chi connectivity index (χ0n) is 15.1. The van der Waals surface area contributed by atoms with Crippen molar-refractivity contribution in [3.8, 4) is 6.07 Å². The van der Waals surface area contributed by atoms with Crippen LogP contribution >= 0.6 is 8.03 Å². The molecule has 1 aromatic rings. The molecule has 130 valence electrons. The quantitative estimate of drug-likeness (QED) is 0.550. The maximum absolute atomic E-state index is 12.8. The van der Waals surface area contributed by atoms with Crippen LogP contribution in [0.15, 0.2) is 24.3 Å². The SMILES string of the molecule is Cc1cc(/C=C/C#N)cc([PH](=O)OC2CC(C)CCC2C(C)C)c1. The Hall–Kier alpha value is -1.36. The predicted octanol–water partition coefficient (Wildman–Crippen LogP) is 5.11. The Kier molecular flexibility index (Phi) is 6.84. The Bertz CT molecular complexity index is 660. The topological polar surface area (TPSA) is 50.1 Å². The molecule has 0 aliphatic heterocycles. The third-order valence-electron chi connectivity index (χ3n) is 4.91. The lowest BCUT2D eigenvalue weighted by Gasteiger charge is -2.36. The van der Waals surface area contributed by atoms with Crippen molar-refractivity contribution in [2.45, 2.75) is 53.1 Å². The van der Waals surface area contributed by atoms with Gasteiger partial charge in [-0.15, -0.1) is 0 Å². The fourth-order valence-electron chi connectivity index (χ4n) is 3.62. The monoisotopic (exact) mass is 345 g/mol. The van der Waals surface area contributed by atoms with E-state index in [0.717, 1.165) is 29.3 Å². The largest absolute Gasteiger partial charge is 0.324 e. The van der Waals surface area contributed by atoms with Crippen LogP contribution in [-0.4, -0.2) is 6.10 Å². The van der Waals surface area contributed by atoms with Gasteiger partial charge in [0.1, 0.15) is 0 Å². The van der Waals surface area contributed by atoms with Crippen molar-refractivity contribution >= 4 is 19.4 Å². The summed E-state index contributed by atoms with van der Waals surface area (Å²) in [6, 6.07) is 7.78. The van der Waals surface area contributed by atoms with Gasteiger partial charge in [0.15, 0.2) is 0 Å². The molecule has 2 rings (SSSR count). The fraction of sp³-hybridized carbons (Fsp3) is 0.550. The van der Waals surface area contributed by atoms with E-state index in [1.807, 2.05) is 31.2 Å². The fourth-order valence-corrected chi connectivity index (χ4v) is 4.93.